The topological polar surface area (TPSA) is 35.5 Å². The molecule has 0 aliphatic carbocycles. The van der Waals surface area contributed by atoms with Gasteiger partial charge in [0.05, 0.1) is 5.56 Å². The predicted octanol–water partition coefficient (Wildman–Crippen LogP) is 4.23. The molecule has 2 rings (SSSR count). The van der Waals surface area contributed by atoms with Crippen molar-refractivity contribution in [2.24, 2.45) is 0 Å². The molecule has 110 valence electrons. The van der Waals surface area contributed by atoms with Gasteiger partial charge >= 0.3 is 0 Å². The van der Waals surface area contributed by atoms with Crippen LogP contribution >= 0.6 is 11.6 Å². The zero-order chi connectivity index (χ0) is 15.2. The van der Waals surface area contributed by atoms with E-state index >= 15 is 0 Å². The normalized spacial score (nSPS) is 10.2. The fourth-order valence-electron chi connectivity index (χ4n) is 2.01. The SMILES string of the molecule is Cc1ccc(OCCOc2ccc(Cl)cc2C=O)c(C)c1. The Bertz CT molecular complexity index is 638. The molecule has 0 saturated heterocycles. The van der Waals surface area contributed by atoms with Crippen LogP contribution in [-0.2, 0) is 0 Å². The van der Waals surface area contributed by atoms with E-state index in [2.05, 4.69) is 6.07 Å². The first kappa shape index (κ1) is 15.4. The molecule has 21 heavy (non-hydrogen) atoms. The van der Waals surface area contributed by atoms with Gasteiger partial charge in [0.1, 0.15) is 24.7 Å². The third kappa shape index (κ3) is 4.23. The summed E-state index contributed by atoms with van der Waals surface area (Å²) in [6, 6.07) is 11.0. The molecule has 0 aromatic heterocycles. The molecule has 0 amide bonds. The third-order valence-electron chi connectivity index (χ3n) is 3.03. The highest BCUT2D eigenvalue weighted by Gasteiger charge is 2.04. The lowest BCUT2D eigenvalue weighted by Gasteiger charge is -2.12. The van der Waals surface area contributed by atoms with Gasteiger partial charge in [-0.1, -0.05) is 29.3 Å². The molecule has 2 aromatic carbocycles. The number of hydrogen-bond donors (Lipinski definition) is 0. The zero-order valence-corrected chi connectivity index (χ0v) is 12.8. The number of carbonyl (C=O) groups excluding carboxylic acids is 1. The van der Waals surface area contributed by atoms with Crippen molar-refractivity contribution >= 4 is 17.9 Å². The maximum atomic E-state index is 10.9. The number of aldehydes is 1. The highest BCUT2D eigenvalue weighted by molar-refractivity contribution is 6.30. The Morgan fingerprint density at radius 3 is 2.33 bits per heavy atom. The molecular formula is C17H17ClO3. The van der Waals surface area contributed by atoms with Crippen molar-refractivity contribution in [1.29, 1.82) is 0 Å². The molecular weight excluding hydrogens is 288 g/mol. The summed E-state index contributed by atoms with van der Waals surface area (Å²) in [6.07, 6.45) is 0.728. The second-order valence-corrected chi connectivity index (χ2v) is 5.20. The van der Waals surface area contributed by atoms with Crippen LogP contribution in [0, 0.1) is 13.8 Å². The quantitative estimate of drug-likeness (QED) is 0.592. The van der Waals surface area contributed by atoms with E-state index < -0.39 is 0 Å². The summed E-state index contributed by atoms with van der Waals surface area (Å²) in [4.78, 5) is 10.9. The second kappa shape index (κ2) is 7.14. The summed E-state index contributed by atoms with van der Waals surface area (Å²) >= 11 is 5.83. The van der Waals surface area contributed by atoms with Gasteiger partial charge in [-0.2, -0.15) is 0 Å². The van der Waals surface area contributed by atoms with Gasteiger partial charge in [0.25, 0.3) is 0 Å². The molecule has 0 heterocycles. The zero-order valence-electron chi connectivity index (χ0n) is 12.1. The van der Waals surface area contributed by atoms with E-state index in [1.165, 1.54) is 5.56 Å². The van der Waals surface area contributed by atoms with E-state index in [0.29, 0.717) is 29.5 Å². The maximum Gasteiger partial charge on any atom is 0.153 e. The maximum absolute atomic E-state index is 10.9. The minimum absolute atomic E-state index is 0.357. The van der Waals surface area contributed by atoms with Gasteiger partial charge in [0.15, 0.2) is 6.29 Å². The Labute approximate surface area is 129 Å². The molecule has 4 heteroatoms. The summed E-state index contributed by atoms with van der Waals surface area (Å²) in [5, 5.41) is 0.510. The Morgan fingerprint density at radius 1 is 1.00 bits per heavy atom. The first-order chi connectivity index (χ1) is 10.1. The number of carbonyl (C=O) groups is 1. The van der Waals surface area contributed by atoms with Crippen LogP contribution in [0.25, 0.3) is 0 Å². The monoisotopic (exact) mass is 304 g/mol. The number of ether oxygens (including phenoxy) is 2. The standard InChI is InChI=1S/C17H17ClO3/c1-12-3-5-16(13(2)9-12)20-7-8-21-17-6-4-15(18)10-14(17)11-19/h3-6,9-11H,7-8H2,1-2H3. The first-order valence-corrected chi connectivity index (χ1v) is 7.05. The number of hydrogen-bond acceptors (Lipinski definition) is 3. The van der Waals surface area contributed by atoms with Crippen LogP contribution in [0.4, 0.5) is 0 Å². The van der Waals surface area contributed by atoms with Gasteiger partial charge in [-0.25, -0.2) is 0 Å². The summed E-state index contributed by atoms with van der Waals surface area (Å²) in [7, 11) is 0. The smallest absolute Gasteiger partial charge is 0.153 e. The van der Waals surface area contributed by atoms with Crippen LogP contribution in [0.5, 0.6) is 11.5 Å². The fourth-order valence-corrected chi connectivity index (χ4v) is 2.19. The molecule has 0 unspecified atom stereocenters. The van der Waals surface area contributed by atoms with Gasteiger partial charge in [0, 0.05) is 5.02 Å². The van der Waals surface area contributed by atoms with Crippen LogP contribution in [0.1, 0.15) is 21.5 Å². The van der Waals surface area contributed by atoms with Gasteiger partial charge in [-0.3, -0.25) is 4.79 Å². The van der Waals surface area contributed by atoms with Crippen molar-refractivity contribution in [1.82, 2.24) is 0 Å². The van der Waals surface area contributed by atoms with Crippen LogP contribution in [0.3, 0.4) is 0 Å². The number of halogens is 1. The highest BCUT2D eigenvalue weighted by atomic mass is 35.5. The van der Waals surface area contributed by atoms with Crippen molar-refractivity contribution in [3.8, 4) is 11.5 Å². The molecule has 0 spiro atoms. The minimum atomic E-state index is 0.357. The van der Waals surface area contributed by atoms with E-state index in [0.717, 1.165) is 17.6 Å². The van der Waals surface area contributed by atoms with Crippen molar-refractivity contribution in [3.63, 3.8) is 0 Å². The minimum Gasteiger partial charge on any atom is -0.490 e. The van der Waals surface area contributed by atoms with E-state index in [4.69, 9.17) is 21.1 Å². The first-order valence-electron chi connectivity index (χ1n) is 6.68. The molecule has 0 atom stereocenters. The van der Waals surface area contributed by atoms with Crippen molar-refractivity contribution in [2.75, 3.05) is 13.2 Å². The van der Waals surface area contributed by atoms with E-state index in [1.807, 2.05) is 26.0 Å². The number of aryl methyl sites for hydroxylation is 2. The Hall–Kier alpha value is -2.00. The predicted molar refractivity (Wildman–Crippen MR) is 83.7 cm³/mol. The molecule has 0 N–H and O–H groups in total. The van der Waals surface area contributed by atoms with Gasteiger partial charge in [0.2, 0.25) is 0 Å². The summed E-state index contributed by atoms with van der Waals surface area (Å²) in [6.45, 7) is 4.81. The van der Waals surface area contributed by atoms with Gasteiger partial charge in [-0.15, -0.1) is 0 Å². The molecule has 0 saturated carbocycles. The molecule has 0 bridgehead atoms. The molecule has 2 aromatic rings. The van der Waals surface area contributed by atoms with E-state index in [9.17, 15) is 4.79 Å². The largest absolute Gasteiger partial charge is 0.490 e. The number of rotatable bonds is 6. The summed E-state index contributed by atoms with van der Waals surface area (Å²) in [5.41, 5.74) is 2.73. The Morgan fingerprint density at radius 2 is 1.67 bits per heavy atom. The van der Waals surface area contributed by atoms with Crippen molar-refractivity contribution in [3.05, 3.63) is 58.1 Å². The molecule has 0 radical (unpaired) electrons. The van der Waals surface area contributed by atoms with Crippen LogP contribution < -0.4 is 9.47 Å². The van der Waals surface area contributed by atoms with Crippen LogP contribution in [0.2, 0.25) is 5.02 Å². The van der Waals surface area contributed by atoms with Crippen LogP contribution in [-0.4, -0.2) is 19.5 Å². The van der Waals surface area contributed by atoms with Crippen molar-refractivity contribution < 1.29 is 14.3 Å². The molecule has 0 fully saturated rings. The average Bonchev–Trinajstić information content (AvgIpc) is 2.46. The molecule has 0 aliphatic heterocycles. The highest BCUT2D eigenvalue weighted by Crippen LogP contribution is 2.22. The second-order valence-electron chi connectivity index (χ2n) is 4.77. The van der Waals surface area contributed by atoms with Crippen LogP contribution in [0.15, 0.2) is 36.4 Å². The summed E-state index contributed by atoms with van der Waals surface area (Å²) < 4.78 is 11.2. The lowest BCUT2D eigenvalue weighted by molar-refractivity contribution is 0.111. The Balaban J connectivity index is 1.89. The van der Waals surface area contributed by atoms with Crippen molar-refractivity contribution in [2.45, 2.75) is 13.8 Å². The van der Waals surface area contributed by atoms with E-state index in [-0.39, 0.29) is 0 Å². The Kier molecular flexibility index (Phi) is 5.23. The third-order valence-corrected chi connectivity index (χ3v) is 3.26. The fraction of sp³-hybridized carbons (Fsp3) is 0.235. The lowest BCUT2D eigenvalue weighted by atomic mass is 10.1. The molecule has 0 aliphatic rings. The average molecular weight is 305 g/mol. The molecule has 3 nitrogen and oxygen atoms in total. The van der Waals surface area contributed by atoms with E-state index in [1.54, 1.807) is 18.2 Å². The van der Waals surface area contributed by atoms with Gasteiger partial charge in [-0.05, 0) is 43.7 Å². The summed E-state index contributed by atoms with van der Waals surface area (Å²) in [5.74, 6) is 1.36. The lowest BCUT2D eigenvalue weighted by Crippen LogP contribution is -2.10. The van der Waals surface area contributed by atoms with Gasteiger partial charge < -0.3 is 9.47 Å². The number of benzene rings is 2.